The fraction of sp³-hybridized carbons (Fsp3) is 0.158. The third-order valence-electron chi connectivity index (χ3n) is 3.75. The molecular weight excluding hydrogens is 302 g/mol. The standard InChI is InChI=1S/C19H17N3O2/c1-12-4-7-16-17(8-12)22-19(21-16)14(11-20)9-13-5-6-15(23-2)10-18(13)24-3/h4-10H,1-3H3,(H,21,22)/b14-9-. The minimum atomic E-state index is 0.437. The first kappa shape index (κ1) is 15.6. The minimum absolute atomic E-state index is 0.437. The molecule has 0 saturated carbocycles. The number of methoxy groups -OCH3 is 2. The number of rotatable bonds is 4. The highest BCUT2D eigenvalue weighted by Gasteiger charge is 2.10. The number of nitrogens with zero attached hydrogens (tertiary/aromatic N) is 2. The molecule has 0 amide bonds. The Morgan fingerprint density at radius 3 is 2.71 bits per heavy atom. The fourth-order valence-electron chi connectivity index (χ4n) is 2.50. The van der Waals surface area contributed by atoms with Crippen molar-refractivity contribution in [1.82, 2.24) is 9.97 Å². The average Bonchev–Trinajstić information content (AvgIpc) is 3.02. The van der Waals surface area contributed by atoms with Crippen molar-refractivity contribution in [2.75, 3.05) is 14.2 Å². The number of hydrogen-bond acceptors (Lipinski definition) is 4. The Bertz CT molecular complexity index is 964. The highest BCUT2D eigenvalue weighted by Crippen LogP contribution is 2.28. The summed E-state index contributed by atoms with van der Waals surface area (Å²) in [6.07, 6.45) is 1.75. The van der Waals surface area contributed by atoms with Crippen LogP contribution in [0.25, 0.3) is 22.7 Å². The molecule has 0 aliphatic carbocycles. The highest BCUT2D eigenvalue weighted by molar-refractivity contribution is 5.91. The smallest absolute Gasteiger partial charge is 0.149 e. The van der Waals surface area contributed by atoms with Gasteiger partial charge in [0, 0.05) is 11.6 Å². The van der Waals surface area contributed by atoms with Crippen molar-refractivity contribution >= 4 is 22.7 Å². The van der Waals surface area contributed by atoms with Gasteiger partial charge in [-0.2, -0.15) is 5.26 Å². The van der Waals surface area contributed by atoms with E-state index in [-0.39, 0.29) is 0 Å². The van der Waals surface area contributed by atoms with E-state index in [9.17, 15) is 5.26 Å². The molecule has 24 heavy (non-hydrogen) atoms. The monoisotopic (exact) mass is 319 g/mol. The van der Waals surface area contributed by atoms with Gasteiger partial charge in [0.05, 0.1) is 30.8 Å². The first-order valence-corrected chi connectivity index (χ1v) is 7.45. The molecule has 5 nitrogen and oxygen atoms in total. The predicted octanol–water partition coefficient (Wildman–Crippen LogP) is 3.95. The summed E-state index contributed by atoms with van der Waals surface area (Å²) in [6, 6.07) is 13.6. The maximum Gasteiger partial charge on any atom is 0.149 e. The number of aryl methyl sites for hydroxylation is 1. The second-order valence-electron chi connectivity index (χ2n) is 5.38. The van der Waals surface area contributed by atoms with Gasteiger partial charge in [-0.15, -0.1) is 0 Å². The highest BCUT2D eigenvalue weighted by atomic mass is 16.5. The number of fused-ring (bicyclic) bond motifs is 1. The van der Waals surface area contributed by atoms with Crippen LogP contribution in [-0.2, 0) is 0 Å². The van der Waals surface area contributed by atoms with Crippen LogP contribution < -0.4 is 9.47 Å². The Labute approximate surface area is 140 Å². The number of aromatic nitrogens is 2. The quantitative estimate of drug-likeness (QED) is 0.739. The number of benzene rings is 2. The first-order valence-electron chi connectivity index (χ1n) is 7.45. The number of ether oxygens (including phenoxy) is 2. The average molecular weight is 319 g/mol. The number of nitriles is 1. The second-order valence-corrected chi connectivity index (χ2v) is 5.38. The van der Waals surface area contributed by atoms with E-state index in [4.69, 9.17) is 9.47 Å². The molecule has 1 N–H and O–H groups in total. The molecule has 0 saturated heterocycles. The van der Waals surface area contributed by atoms with Gasteiger partial charge >= 0.3 is 0 Å². The van der Waals surface area contributed by atoms with E-state index in [1.807, 2.05) is 37.3 Å². The number of allylic oxidation sites excluding steroid dienone is 1. The van der Waals surface area contributed by atoms with E-state index in [0.29, 0.717) is 22.9 Å². The molecule has 1 heterocycles. The maximum atomic E-state index is 9.54. The van der Waals surface area contributed by atoms with Gasteiger partial charge in [-0.05, 0) is 42.8 Å². The van der Waals surface area contributed by atoms with Crippen molar-refractivity contribution in [3.8, 4) is 17.6 Å². The summed E-state index contributed by atoms with van der Waals surface area (Å²) >= 11 is 0. The zero-order valence-corrected chi connectivity index (χ0v) is 13.8. The van der Waals surface area contributed by atoms with Crippen LogP contribution in [0, 0.1) is 18.3 Å². The zero-order valence-electron chi connectivity index (χ0n) is 13.8. The lowest BCUT2D eigenvalue weighted by atomic mass is 10.1. The van der Waals surface area contributed by atoms with Crippen LogP contribution in [0.3, 0.4) is 0 Å². The van der Waals surface area contributed by atoms with E-state index in [1.165, 1.54) is 0 Å². The summed E-state index contributed by atoms with van der Waals surface area (Å²) in [7, 11) is 3.18. The van der Waals surface area contributed by atoms with Crippen LogP contribution in [0.15, 0.2) is 36.4 Å². The van der Waals surface area contributed by atoms with Crippen LogP contribution in [0.5, 0.6) is 11.5 Å². The summed E-state index contributed by atoms with van der Waals surface area (Å²) < 4.78 is 10.6. The van der Waals surface area contributed by atoms with Gasteiger partial charge in [0.15, 0.2) is 0 Å². The largest absolute Gasteiger partial charge is 0.497 e. The van der Waals surface area contributed by atoms with Crippen molar-refractivity contribution in [2.45, 2.75) is 6.92 Å². The molecule has 2 aromatic carbocycles. The molecule has 3 rings (SSSR count). The molecule has 0 fully saturated rings. The molecule has 5 heteroatoms. The van der Waals surface area contributed by atoms with Crippen molar-refractivity contribution < 1.29 is 9.47 Å². The Morgan fingerprint density at radius 2 is 2.00 bits per heavy atom. The Kier molecular flexibility index (Phi) is 4.21. The van der Waals surface area contributed by atoms with Crippen LogP contribution in [0.2, 0.25) is 0 Å². The normalized spacial score (nSPS) is 11.3. The summed E-state index contributed by atoms with van der Waals surface area (Å²) in [6.45, 7) is 2.02. The summed E-state index contributed by atoms with van der Waals surface area (Å²) in [5.41, 5.74) is 4.10. The van der Waals surface area contributed by atoms with Crippen molar-refractivity contribution in [2.24, 2.45) is 0 Å². The van der Waals surface area contributed by atoms with Crippen LogP contribution in [0.4, 0.5) is 0 Å². The number of hydrogen-bond donors (Lipinski definition) is 1. The summed E-state index contributed by atoms with van der Waals surface area (Å²) in [5.74, 6) is 1.87. The minimum Gasteiger partial charge on any atom is -0.497 e. The first-order chi connectivity index (χ1) is 11.6. The SMILES string of the molecule is COc1ccc(/C=C(/C#N)c2nc3ccc(C)cc3[nH]2)c(OC)c1. The van der Waals surface area contributed by atoms with Crippen molar-refractivity contribution in [3.63, 3.8) is 0 Å². The van der Waals surface area contributed by atoms with Gasteiger partial charge in [0.2, 0.25) is 0 Å². The molecule has 0 atom stereocenters. The van der Waals surface area contributed by atoms with Gasteiger partial charge < -0.3 is 14.5 Å². The third kappa shape index (κ3) is 2.95. The van der Waals surface area contributed by atoms with Crippen molar-refractivity contribution in [1.29, 1.82) is 5.26 Å². The lowest BCUT2D eigenvalue weighted by Gasteiger charge is -2.07. The van der Waals surface area contributed by atoms with Gasteiger partial charge in [-0.25, -0.2) is 4.98 Å². The van der Waals surface area contributed by atoms with E-state index in [0.717, 1.165) is 22.2 Å². The lowest BCUT2D eigenvalue weighted by molar-refractivity contribution is 0.394. The summed E-state index contributed by atoms with van der Waals surface area (Å²) in [5, 5.41) is 9.54. The zero-order chi connectivity index (χ0) is 17.1. The van der Waals surface area contributed by atoms with Crippen LogP contribution in [0.1, 0.15) is 17.0 Å². The van der Waals surface area contributed by atoms with Gasteiger partial charge in [-0.1, -0.05) is 6.07 Å². The molecule has 0 aliphatic rings. The van der Waals surface area contributed by atoms with Gasteiger partial charge in [-0.3, -0.25) is 0 Å². The third-order valence-corrected chi connectivity index (χ3v) is 3.75. The number of imidazole rings is 1. The van der Waals surface area contributed by atoms with Crippen molar-refractivity contribution in [3.05, 3.63) is 53.3 Å². The number of H-pyrrole nitrogens is 1. The summed E-state index contributed by atoms with van der Waals surface area (Å²) in [4.78, 5) is 7.70. The van der Waals surface area contributed by atoms with E-state index < -0.39 is 0 Å². The van der Waals surface area contributed by atoms with E-state index in [2.05, 4.69) is 16.0 Å². The molecule has 0 spiro atoms. The molecule has 0 unspecified atom stereocenters. The Balaban J connectivity index is 2.07. The second kappa shape index (κ2) is 6.47. The van der Waals surface area contributed by atoms with Gasteiger partial charge in [0.25, 0.3) is 0 Å². The molecule has 0 bridgehead atoms. The Hall–Kier alpha value is -3.26. The molecule has 120 valence electrons. The van der Waals surface area contributed by atoms with Gasteiger partial charge in [0.1, 0.15) is 23.4 Å². The van der Waals surface area contributed by atoms with E-state index >= 15 is 0 Å². The molecular formula is C19H17N3O2. The fourth-order valence-corrected chi connectivity index (χ4v) is 2.50. The Morgan fingerprint density at radius 1 is 1.17 bits per heavy atom. The molecule has 3 aromatic rings. The molecule has 1 aromatic heterocycles. The number of nitrogens with one attached hydrogen (secondary N) is 1. The molecule has 0 radical (unpaired) electrons. The number of aromatic amines is 1. The maximum absolute atomic E-state index is 9.54. The van der Waals surface area contributed by atoms with Crippen LogP contribution >= 0.6 is 0 Å². The topological polar surface area (TPSA) is 70.9 Å². The van der Waals surface area contributed by atoms with Crippen LogP contribution in [-0.4, -0.2) is 24.2 Å². The lowest BCUT2D eigenvalue weighted by Crippen LogP contribution is -1.91. The molecule has 0 aliphatic heterocycles. The predicted molar refractivity (Wildman–Crippen MR) is 93.9 cm³/mol. The van der Waals surface area contributed by atoms with E-state index in [1.54, 1.807) is 26.4 Å².